The van der Waals surface area contributed by atoms with Gasteiger partial charge in [0.25, 0.3) is 0 Å². The second kappa shape index (κ2) is 9.20. The number of carbonyl (C=O) groups is 2. The van der Waals surface area contributed by atoms with Crippen LogP contribution < -0.4 is 10.1 Å². The summed E-state index contributed by atoms with van der Waals surface area (Å²) in [6, 6.07) is 22.1. The van der Waals surface area contributed by atoms with Crippen LogP contribution in [-0.4, -0.2) is 18.3 Å². The van der Waals surface area contributed by atoms with Crippen molar-refractivity contribution in [3.63, 3.8) is 0 Å². The molecular formula is C23H20ClNO3. The zero-order chi connectivity index (χ0) is 19.9. The van der Waals surface area contributed by atoms with E-state index >= 15 is 0 Å². The van der Waals surface area contributed by atoms with Gasteiger partial charge in [-0.2, -0.15) is 0 Å². The van der Waals surface area contributed by atoms with Crippen LogP contribution >= 0.6 is 11.6 Å². The van der Waals surface area contributed by atoms with E-state index in [1.54, 1.807) is 37.3 Å². The fourth-order valence-corrected chi connectivity index (χ4v) is 2.88. The summed E-state index contributed by atoms with van der Waals surface area (Å²) in [4.78, 5) is 23.7. The molecule has 28 heavy (non-hydrogen) atoms. The highest BCUT2D eigenvalue weighted by Gasteiger charge is 2.10. The van der Waals surface area contributed by atoms with Gasteiger partial charge in [0.05, 0.1) is 5.02 Å². The first kappa shape index (κ1) is 19.6. The summed E-state index contributed by atoms with van der Waals surface area (Å²) in [6.07, 6.45) is 0.401. The highest BCUT2D eigenvalue weighted by molar-refractivity contribution is 6.32. The van der Waals surface area contributed by atoms with Crippen molar-refractivity contribution in [2.24, 2.45) is 0 Å². The number of rotatable bonds is 7. The summed E-state index contributed by atoms with van der Waals surface area (Å²) >= 11 is 6.32. The Bertz CT molecular complexity index is 969. The molecular weight excluding hydrogens is 374 g/mol. The normalized spacial score (nSPS) is 10.4. The molecule has 0 heterocycles. The second-order valence-corrected chi connectivity index (χ2v) is 6.61. The summed E-state index contributed by atoms with van der Waals surface area (Å²) in [5.74, 6) is 0.217. The van der Waals surface area contributed by atoms with Crippen LogP contribution in [-0.2, 0) is 4.79 Å². The predicted octanol–water partition coefficient (Wildman–Crippen LogP) is 5.62. The molecule has 0 atom stereocenters. The molecule has 0 fully saturated rings. The van der Waals surface area contributed by atoms with Crippen LogP contribution in [0.1, 0.15) is 23.7 Å². The van der Waals surface area contributed by atoms with E-state index in [9.17, 15) is 9.59 Å². The topological polar surface area (TPSA) is 55.4 Å². The zero-order valence-electron chi connectivity index (χ0n) is 15.4. The number of amides is 1. The van der Waals surface area contributed by atoms with Gasteiger partial charge in [0, 0.05) is 17.7 Å². The minimum atomic E-state index is -0.170. The molecule has 0 bridgehead atoms. The molecule has 0 aliphatic rings. The number of hydrogen-bond acceptors (Lipinski definition) is 3. The van der Waals surface area contributed by atoms with Gasteiger partial charge in [-0.05, 0) is 47.5 Å². The zero-order valence-corrected chi connectivity index (χ0v) is 16.2. The van der Waals surface area contributed by atoms with Crippen LogP contribution in [0.5, 0.6) is 5.75 Å². The van der Waals surface area contributed by atoms with Gasteiger partial charge >= 0.3 is 0 Å². The van der Waals surface area contributed by atoms with Crippen molar-refractivity contribution in [2.45, 2.75) is 13.3 Å². The van der Waals surface area contributed by atoms with Gasteiger partial charge in [0.1, 0.15) is 5.75 Å². The first-order chi connectivity index (χ1) is 13.6. The van der Waals surface area contributed by atoms with Gasteiger partial charge in [-0.15, -0.1) is 0 Å². The number of benzene rings is 3. The largest absolute Gasteiger partial charge is 0.484 e. The lowest BCUT2D eigenvalue weighted by molar-refractivity contribution is -0.115. The van der Waals surface area contributed by atoms with Crippen molar-refractivity contribution in [1.29, 1.82) is 0 Å². The maximum absolute atomic E-state index is 12.4. The number of Topliss-reactive ketones (excluding diaryl/α,β-unsaturated/α-hetero) is 1. The molecule has 0 aliphatic heterocycles. The Labute approximate surface area is 169 Å². The third-order valence-corrected chi connectivity index (χ3v) is 4.50. The molecule has 0 aromatic heterocycles. The molecule has 0 spiro atoms. The lowest BCUT2D eigenvalue weighted by atomic mass is 10.1. The number of anilines is 1. The molecule has 142 valence electrons. The maximum atomic E-state index is 12.4. The molecule has 3 rings (SSSR count). The first-order valence-corrected chi connectivity index (χ1v) is 9.35. The van der Waals surface area contributed by atoms with Crippen molar-refractivity contribution in [3.8, 4) is 16.9 Å². The third-order valence-electron chi connectivity index (χ3n) is 4.21. The number of halogens is 1. The summed E-state index contributed by atoms with van der Waals surface area (Å²) in [7, 11) is 0. The van der Waals surface area contributed by atoms with Gasteiger partial charge in [-0.25, -0.2) is 0 Å². The number of nitrogens with one attached hydrogen (secondary N) is 1. The lowest BCUT2D eigenvalue weighted by Crippen LogP contribution is -2.12. The Morgan fingerprint density at radius 3 is 2.29 bits per heavy atom. The van der Waals surface area contributed by atoms with Gasteiger partial charge < -0.3 is 10.1 Å². The summed E-state index contributed by atoms with van der Waals surface area (Å²) in [5.41, 5.74) is 3.20. The van der Waals surface area contributed by atoms with E-state index in [2.05, 4.69) is 5.32 Å². The van der Waals surface area contributed by atoms with Crippen molar-refractivity contribution >= 4 is 29.0 Å². The SMILES string of the molecule is CCC(=O)Nc1ccc(C(=O)COc2ccc(-c3ccccc3)cc2Cl)cc1. The second-order valence-electron chi connectivity index (χ2n) is 6.20. The summed E-state index contributed by atoms with van der Waals surface area (Å²) in [6.45, 7) is 1.66. The maximum Gasteiger partial charge on any atom is 0.224 e. The Kier molecular flexibility index (Phi) is 6.45. The number of carbonyl (C=O) groups excluding carboxylic acids is 2. The van der Waals surface area contributed by atoms with Crippen molar-refractivity contribution in [3.05, 3.63) is 83.4 Å². The summed E-state index contributed by atoms with van der Waals surface area (Å²) < 4.78 is 5.60. The van der Waals surface area contributed by atoms with Crippen LogP contribution in [0.3, 0.4) is 0 Å². The fraction of sp³-hybridized carbons (Fsp3) is 0.130. The van der Waals surface area contributed by atoms with Gasteiger partial charge in [0.15, 0.2) is 12.4 Å². The van der Waals surface area contributed by atoms with Crippen molar-refractivity contribution in [1.82, 2.24) is 0 Å². The molecule has 0 unspecified atom stereocenters. The van der Waals surface area contributed by atoms with E-state index in [-0.39, 0.29) is 18.3 Å². The quantitative estimate of drug-likeness (QED) is 0.530. The molecule has 0 saturated heterocycles. The van der Waals surface area contributed by atoms with Crippen LogP contribution in [0.15, 0.2) is 72.8 Å². The molecule has 0 saturated carbocycles. The van der Waals surface area contributed by atoms with Crippen LogP contribution in [0.25, 0.3) is 11.1 Å². The van der Waals surface area contributed by atoms with E-state index in [1.165, 1.54) is 0 Å². The Hall–Kier alpha value is -3.11. The number of ether oxygens (including phenoxy) is 1. The lowest BCUT2D eigenvalue weighted by Gasteiger charge is -2.10. The average Bonchev–Trinajstić information content (AvgIpc) is 2.73. The molecule has 1 amide bonds. The van der Waals surface area contributed by atoms with Crippen LogP contribution in [0.2, 0.25) is 5.02 Å². The van der Waals surface area contributed by atoms with Crippen molar-refractivity contribution < 1.29 is 14.3 Å². The first-order valence-electron chi connectivity index (χ1n) is 8.97. The molecule has 0 radical (unpaired) electrons. The Morgan fingerprint density at radius 2 is 1.64 bits per heavy atom. The van der Waals surface area contributed by atoms with Crippen molar-refractivity contribution in [2.75, 3.05) is 11.9 Å². The van der Waals surface area contributed by atoms with Gasteiger partial charge in [-0.1, -0.05) is 54.9 Å². The molecule has 3 aromatic carbocycles. The smallest absolute Gasteiger partial charge is 0.224 e. The fourth-order valence-electron chi connectivity index (χ4n) is 2.64. The van der Waals surface area contributed by atoms with Crippen LogP contribution in [0.4, 0.5) is 5.69 Å². The van der Waals surface area contributed by atoms with E-state index in [1.807, 2.05) is 42.5 Å². The molecule has 1 N–H and O–H groups in total. The highest BCUT2D eigenvalue weighted by Crippen LogP contribution is 2.30. The number of ketones is 1. The standard InChI is InChI=1S/C23H20ClNO3/c1-2-23(27)25-19-11-8-17(9-12-19)21(26)15-28-22-13-10-18(14-20(22)24)16-6-4-3-5-7-16/h3-14H,2,15H2,1H3,(H,25,27). The van der Waals surface area contributed by atoms with E-state index in [4.69, 9.17) is 16.3 Å². The van der Waals surface area contributed by atoms with E-state index < -0.39 is 0 Å². The molecule has 4 nitrogen and oxygen atoms in total. The third kappa shape index (κ3) is 4.99. The van der Waals surface area contributed by atoms with Gasteiger partial charge in [0.2, 0.25) is 5.91 Å². The monoisotopic (exact) mass is 393 g/mol. The molecule has 3 aromatic rings. The van der Waals surface area contributed by atoms with E-state index in [0.717, 1.165) is 11.1 Å². The number of hydrogen-bond donors (Lipinski definition) is 1. The predicted molar refractivity (Wildman–Crippen MR) is 112 cm³/mol. The minimum Gasteiger partial charge on any atom is -0.484 e. The van der Waals surface area contributed by atoms with E-state index in [0.29, 0.717) is 28.4 Å². The minimum absolute atomic E-state index is 0.0731. The molecule has 0 aliphatic carbocycles. The Balaban J connectivity index is 1.62. The molecule has 5 heteroatoms. The Morgan fingerprint density at radius 1 is 0.929 bits per heavy atom. The van der Waals surface area contributed by atoms with Crippen LogP contribution in [0, 0.1) is 0 Å². The summed E-state index contributed by atoms with van der Waals surface area (Å²) in [5, 5.41) is 3.19. The van der Waals surface area contributed by atoms with Gasteiger partial charge in [-0.3, -0.25) is 9.59 Å². The average molecular weight is 394 g/mol. The highest BCUT2D eigenvalue weighted by atomic mass is 35.5.